The van der Waals surface area contributed by atoms with Gasteiger partial charge in [-0.2, -0.15) is 0 Å². The van der Waals surface area contributed by atoms with E-state index in [0.717, 1.165) is 18.2 Å². The van der Waals surface area contributed by atoms with Crippen molar-refractivity contribution in [1.82, 2.24) is 15.2 Å². The average Bonchev–Trinajstić information content (AvgIpc) is 3.23. The predicted molar refractivity (Wildman–Crippen MR) is 116 cm³/mol. The highest BCUT2D eigenvalue weighted by atomic mass is 32.1. The maximum absolute atomic E-state index is 13.8. The van der Waals surface area contributed by atoms with Gasteiger partial charge < -0.3 is 19.7 Å². The Morgan fingerprint density at radius 1 is 1.16 bits per heavy atom. The molecule has 31 heavy (non-hydrogen) atoms. The van der Waals surface area contributed by atoms with E-state index in [-0.39, 0.29) is 18.1 Å². The van der Waals surface area contributed by atoms with Crippen LogP contribution in [0, 0.1) is 11.6 Å². The second-order valence-corrected chi connectivity index (χ2v) is 7.85. The lowest BCUT2D eigenvalue weighted by Gasteiger charge is -2.12. The molecule has 0 spiro atoms. The predicted octanol–water partition coefficient (Wildman–Crippen LogP) is 3.97. The van der Waals surface area contributed by atoms with E-state index in [2.05, 4.69) is 10.3 Å². The minimum Gasteiger partial charge on any atom is -0.493 e. The van der Waals surface area contributed by atoms with Crippen molar-refractivity contribution < 1.29 is 23.0 Å². The van der Waals surface area contributed by atoms with Crippen LogP contribution in [0.4, 0.5) is 8.78 Å². The lowest BCUT2D eigenvalue weighted by molar-refractivity contribution is 0.0947. The third-order valence-electron chi connectivity index (χ3n) is 4.39. The second-order valence-electron chi connectivity index (χ2n) is 6.99. The molecule has 2 aromatic carbocycles. The van der Waals surface area contributed by atoms with Crippen molar-refractivity contribution in [3.63, 3.8) is 0 Å². The summed E-state index contributed by atoms with van der Waals surface area (Å²) in [5, 5.41) is 5.19. The van der Waals surface area contributed by atoms with Gasteiger partial charge in [0.05, 0.1) is 7.11 Å². The summed E-state index contributed by atoms with van der Waals surface area (Å²) in [6, 6.07) is 8.54. The number of halogens is 2. The molecular weight excluding hydrogens is 424 g/mol. The highest BCUT2D eigenvalue weighted by Crippen LogP contribution is 2.34. The molecule has 1 aromatic heterocycles. The Bertz CT molecular complexity index is 1060. The van der Waals surface area contributed by atoms with Crippen molar-refractivity contribution in [3.8, 4) is 22.1 Å². The number of nitrogens with one attached hydrogen (secondary N) is 1. The number of rotatable bonds is 9. The number of benzene rings is 2. The van der Waals surface area contributed by atoms with Crippen molar-refractivity contribution in [3.05, 3.63) is 64.7 Å². The number of likely N-dealkylation sites (N-methyl/N-ethyl adjacent to an activating group) is 1. The molecule has 0 aliphatic carbocycles. The van der Waals surface area contributed by atoms with Gasteiger partial charge in [-0.25, -0.2) is 13.8 Å². The second kappa shape index (κ2) is 10.3. The molecule has 0 saturated heterocycles. The van der Waals surface area contributed by atoms with E-state index in [1.54, 1.807) is 23.6 Å². The van der Waals surface area contributed by atoms with Gasteiger partial charge in [0.25, 0.3) is 5.91 Å². The highest BCUT2D eigenvalue weighted by molar-refractivity contribution is 7.13. The molecule has 0 radical (unpaired) electrons. The lowest BCUT2D eigenvalue weighted by Crippen LogP contribution is -2.31. The molecule has 1 heterocycles. The number of nitrogens with zero attached hydrogens (tertiary/aromatic N) is 2. The molecule has 0 saturated carbocycles. The zero-order valence-electron chi connectivity index (χ0n) is 17.4. The Morgan fingerprint density at radius 2 is 1.97 bits per heavy atom. The Balaban J connectivity index is 1.69. The SMILES string of the molecule is COc1cc(-c2nc(C(=O)NCCN(C)C)cs2)ccc1OCc1ccc(F)cc1F. The molecular formula is C22H23F2N3O3S. The van der Waals surface area contributed by atoms with Crippen molar-refractivity contribution in [2.24, 2.45) is 0 Å². The molecule has 0 fully saturated rings. The fourth-order valence-corrected chi connectivity index (χ4v) is 3.51. The molecule has 6 nitrogen and oxygen atoms in total. The maximum atomic E-state index is 13.8. The minimum atomic E-state index is -0.672. The summed E-state index contributed by atoms with van der Waals surface area (Å²) in [4.78, 5) is 18.6. The molecule has 1 amide bonds. The molecule has 164 valence electrons. The summed E-state index contributed by atoms with van der Waals surface area (Å²) in [7, 11) is 5.37. The Kier molecular flexibility index (Phi) is 7.54. The average molecular weight is 448 g/mol. The molecule has 3 aromatic rings. The monoisotopic (exact) mass is 447 g/mol. The van der Waals surface area contributed by atoms with Crippen LogP contribution in [0.5, 0.6) is 11.5 Å². The number of aromatic nitrogens is 1. The number of carbonyl (C=O) groups is 1. The standard InChI is InChI=1S/C22H23F2N3O3S/c1-27(2)9-8-25-21(28)18-13-31-22(26-18)14-5-7-19(20(10-14)29-3)30-12-15-4-6-16(23)11-17(15)24/h4-7,10-11,13H,8-9,12H2,1-3H3,(H,25,28). The molecule has 0 bridgehead atoms. The van der Waals surface area contributed by atoms with Gasteiger partial charge in [0.15, 0.2) is 11.5 Å². The first-order valence-electron chi connectivity index (χ1n) is 9.51. The van der Waals surface area contributed by atoms with Gasteiger partial charge in [-0.3, -0.25) is 4.79 Å². The van der Waals surface area contributed by atoms with Gasteiger partial charge >= 0.3 is 0 Å². The minimum absolute atomic E-state index is 0.0731. The number of carbonyl (C=O) groups excluding carboxylic acids is 1. The van der Waals surface area contributed by atoms with E-state index in [9.17, 15) is 13.6 Å². The zero-order valence-corrected chi connectivity index (χ0v) is 18.3. The van der Waals surface area contributed by atoms with Crippen molar-refractivity contribution >= 4 is 17.2 Å². The number of hydrogen-bond donors (Lipinski definition) is 1. The summed E-state index contributed by atoms with van der Waals surface area (Å²) >= 11 is 1.35. The van der Waals surface area contributed by atoms with Crippen LogP contribution in [0.25, 0.3) is 10.6 Å². The van der Waals surface area contributed by atoms with E-state index in [4.69, 9.17) is 9.47 Å². The lowest BCUT2D eigenvalue weighted by atomic mass is 10.2. The van der Waals surface area contributed by atoms with Gasteiger partial charge in [0.2, 0.25) is 0 Å². The summed E-state index contributed by atoms with van der Waals surface area (Å²) in [6.45, 7) is 1.20. The van der Waals surface area contributed by atoms with Crippen LogP contribution in [-0.4, -0.2) is 50.1 Å². The molecule has 0 atom stereocenters. The first kappa shape index (κ1) is 22.6. The topological polar surface area (TPSA) is 63.7 Å². The summed E-state index contributed by atoms with van der Waals surface area (Å²) in [6.07, 6.45) is 0. The van der Waals surface area contributed by atoms with E-state index in [1.165, 1.54) is 30.6 Å². The summed E-state index contributed by atoms with van der Waals surface area (Å²) < 4.78 is 37.9. The number of thiazole rings is 1. The third-order valence-corrected chi connectivity index (χ3v) is 5.28. The zero-order chi connectivity index (χ0) is 22.4. The van der Waals surface area contributed by atoms with E-state index in [1.807, 2.05) is 19.0 Å². The number of hydrogen-bond acceptors (Lipinski definition) is 6. The molecule has 0 unspecified atom stereocenters. The third kappa shape index (κ3) is 5.99. The van der Waals surface area contributed by atoms with Gasteiger partial charge in [0.1, 0.15) is 28.9 Å². The first-order chi connectivity index (χ1) is 14.9. The highest BCUT2D eigenvalue weighted by Gasteiger charge is 2.14. The molecule has 3 rings (SSSR count). The first-order valence-corrected chi connectivity index (χ1v) is 10.4. The summed E-state index contributed by atoms with van der Waals surface area (Å²) in [5.74, 6) is -0.690. The molecule has 0 aliphatic rings. The van der Waals surface area contributed by atoms with E-state index >= 15 is 0 Å². The van der Waals surface area contributed by atoms with Gasteiger partial charge in [-0.15, -0.1) is 11.3 Å². The van der Waals surface area contributed by atoms with Crippen LogP contribution in [0.3, 0.4) is 0 Å². The summed E-state index contributed by atoms with van der Waals surface area (Å²) in [5.41, 5.74) is 1.34. The molecule has 1 N–H and O–H groups in total. The molecule has 0 aliphatic heterocycles. The normalized spacial score (nSPS) is 10.9. The van der Waals surface area contributed by atoms with E-state index < -0.39 is 11.6 Å². The van der Waals surface area contributed by atoms with Crippen LogP contribution >= 0.6 is 11.3 Å². The van der Waals surface area contributed by atoms with Gasteiger partial charge in [0, 0.05) is 35.7 Å². The Labute approximate surface area is 183 Å². The fraction of sp³-hybridized carbons (Fsp3) is 0.273. The van der Waals surface area contributed by atoms with Gasteiger partial charge in [-0.1, -0.05) is 0 Å². The van der Waals surface area contributed by atoms with Crippen LogP contribution in [0.15, 0.2) is 41.8 Å². The van der Waals surface area contributed by atoms with Crippen LogP contribution < -0.4 is 14.8 Å². The Morgan fingerprint density at radius 3 is 2.68 bits per heavy atom. The molecule has 9 heteroatoms. The van der Waals surface area contributed by atoms with Crippen molar-refractivity contribution in [1.29, 1.82) is 0 Å². The van der Waals surface area contributed by atoms with E-state index in [0.29, 0.717) is 28.7 Å². The largest absolute Gasteiger partial charge is 0.493 e. The van der Waals surface area contributed by atoms with Crippen LogP contribution in [0.2, 0.25) is 0 Å². The van der Waals surface area contributed by atoms with Crippen molar-refractivity contribution in [2.45, 2.75) is 6.61 Å². The smallest absolute Gasteiger partial charge is 0.270 e. The van der Waals surface area contributed by atoms with Crippen molar-refractivity contribution in [2.75, 3.05) is 34.3 Å². The van der Waals surface area contributed by atoms with Crippen LogP contribution in [-0.2, 0) is 6.61 Å². The maximum Gasteiger partial charge on any atom is 0.270 e. The number of ether oxygens (including phenoxy) is 2. The number of methoxy groups -OCH3 is 1. The van der Waals surface area contributed by atoms with Crippen LogP contribution in [0.1, 0.15) is 16.1 Å². The fourth-order valence-electron chi connectivity index (χ4n) is 2.71. The number of amides is 1. The Hall–Kier alpha value is -3.04. The quantitative estimate of drug-likeness (QED) is 0.538. The van der Waals surface area contributed by atoms with Gasteiger partial charge in [-0.05, 0) is 44.4 Å².